The Labute approximate surface area is 235 Å². The first-order chi connectivity index (χ1) is 18.7. The Morgan fingerprint density at radius 2 is 1.77 bits per heavy atom. The first kappa shape index (κ1) is 32.0. The average molecular weight is 569 g/mol. The molecule has 0 saturated heterocycles. The van der Waals surface area contributed by atoms with Gasteiger partial charge in [0.15, 0.2) is 5.78 Å². The fourth-order valence-electron chi connectivity index (χ4n) is 3.91. The third-order valence-corrected chi connectivity index (χ3v) is 9.18. The number of benzene rings is 2. The number of aryl methyl sites for hydroxylation is 1. The van der Waals surface area contributed by atoms with Crippen LogP contribution in [0.1, 0.15) is 54.9 Å². The highest BCUT2D eigenvalue weighted by molar-refractivity contribution is 7.89. The maximum absolute atomic E-state index is 12.6. The highest BCUT2D eigenvalue weighted by Crippen LogP contribution is 2.41. The first-order valence-corrected chi connectivity index (χ1v) is 15.0. The maximum atomic E-state index is 12.6. The summed E-state index contributed by atoms with van der Waals surface area (Å²) in [5.74, 6) is 0.0887. The molecule has 4 aromatic rings. The summed E-state index contributed by atoms with van der Waals surface area (Å²) in [5, 5.41) is 8.01. The van der Waals surface area contributed by atoms with Crippen molar-refractivity contribution in [2.75, 3.05) is 7.11 Å². The molecule has 0 bridgehead atoms. The van der Waals surface area contributed by atoms with Gasteiger partial charge in [-0.2, -0.15) is 4.31 Å². The molecular formula is C30H36N2O5S2. The van der Waals surface area contributed by atoms with E-state index in [1.807, 2.05) is 76.2 Å². The summed E-state index contributed by atoms with van der Waals surface area (Å²) in [6.07, 6.45) is 2.95. The standard InChI is InChI=1S/C16H17NO3S2.C11H9NO.C2H6.CH4O/c1-3-13(10-18)17-9-15-16(22(17,19)20)8-14(21-15)12-6-4-11(2)5-7-12;1-8(13)9-4-5-11-10(7-9)3-2-6-12-11;2*1-2/h4-8,10,13H,3,9H2,1-2H3;2-7H,1H3;1-2H3;2H,1H3. The quantitative estimate of drug-likeness (QED) is 0.225. The lowest BCUT2D eigenvalue weighted by molar-refractivity contribution is -0.111. The number of aromatic nitrogens is 1. The molecule has 1 unspecified atom stereocenters. The maximum Gasteiger partial charge on any atom is 0.245 e. The van der Waals surface area contributed by atoms with Crippen LogP contribution >= 0.6 is 11.3 Å². The number of aldehydes is 1. The van der Waals surface area contributed by atoms with E-state index in [-0.39, 0.29) is 5.78 Å². The number of aliphatic hydroxyl groups is 1. The van der Waals surface area contributed by atoms with Crippen LogP contribution in [-0.2, 0) is 21.4 Å². The molecule has 7 nitrogen and oxygen atoms in total. The number of pyridine rings is 1. The van der Waals surface area contributed by atoms with Gasteiger partial charge in [-0.1, -0.05) is 56.7 Å². The van der Waals surface area contributed by atoms with Gasteiger partial charge in [-0.05, 0) is 56.2 Å². The normalized spacial score (nSPS) is 13.9. The molecular weight excluding hydrogens is 532 g/mol. The van der Waals surface area contributed by atoms with Crippen LogP contribution in [0.3, 0.4) is 0 Å². The molecule has 1 atom stereocenters. The van der Waals surface area contributed by atoms with Crippen molar-refractivity contribution >= 4 is 44.3 Å². The van der Waals surface area contributed by atoms with Gasteiger partial charge in [-0.25, -0.2) is 8.42 Å². The van der Waals surface area contributed by atoms with Crippen molar-refractivity contribution in [2.24, 2.45) is 0 Å². The molecule has 0 aliphatic carbocycles. The summed E-state index contributed by atoms with van der Waals surface area (Å²) >= 11 is 1.49. The fourth-order valence-corrected chi connectivity index (χ4v) is 7.29. The largest absolute Gasteiger partial charge is 0.400 e. The van der Waals surface area contributed by atoms with Gasteiger partial charge in [-0.15, -0.1) is 11.3 Å². The van der Waals surface area contributed by atoms with Gasteiger partial charge in [-0.3, -0.25) is 9.78 Å². The lowest BCUT2D eigenvalue weighted by atomic mass is 10.1. The van der Waals surface area contributed by atoms with Gasteiger partial charge in [0.2, 0.25) is 10.0 Å². The first-order valence-electron chi connectivity index (χ1n) is 12.7. The second-order valence-electron chi connectivity index (χ2n) is 8.39. The van der Waals surface area contributed by atoms with Gasteiger partial charge in [0.25, 0.3) is 0 Å². The molecule has 39 heavy (non-hydrogen) atoms. The number of fused-ring (bicyclic) bond motifs is 2. The molecule has 2 aromatic heterocycles. The minimum atomic E-state index is -3.55. The van der Waals surface area contributed by atoms with Gasteiger partial charge < -0.3 is 9.90 Å². The Morgan fingerprint density at radius 3 is 2.33 bits per heavy atom. The zero-order valence-electron chi connectivity index (χ0n) is 23.2. The van der Waals surface area contributed by atoms with E-state index in [4.69, 9.17) is 5.11 Å². The third-order valence-electron chi connectivity index (χ3n) is 5.95. The lowest BCUT2D eigenvalue weighted by Gasteiger charge is -2.20. The number of aliphatic hydroxyl groups excluding tert-OH is 1. The Kier molecular flexibility index (Phi) is 12.1. The minimum absolute atomic E-state index is 0.0887. The molecule has 3 heterocycles. The van der Waals surface area contributed by atoms with Crippen LogP contribution in [-0.4, -0.2) is 48.0 Å². The molecule has 5 rings (SSSR count). The summed E-state index contributed by atoms with van der Waals surface area (Å²) in [7, 11) is -2.55. The molecule has 0 radical (unpaired) electrons. The van der Waals surface area contributed by atoms with Crippen LogP contribution in [0.15, 0.2) is 71.8 Å². The van der Waals surface area contributed by atoms with Crippen LogP contribution in [0, 0.1) is 6.92 Å². The predicted octanol–water partition coefficient (Wildman–Crippen LogP) is 6.28. The molecule has 208 valence electrons. The smallest absolute Gasteiger partial charge is 0.245 e. The summed E-state index contributed by atoms with van der Waals surface area (Å²) in [6, 6.07) is 18.5. The van der Waals surface area contributed by atoms with Gasteiger partial charge >= 0.3 is 0 Å². The van der Waals surface area contributed by atoms with Crippen molar-refractivity contribution in [3.63, 3.8) is 0 Å². The summed E-state index contributed by atoms with van der Waals surface area (Å²) in [4.78, 5) is 28.5. The van der Waals surface area contributed by atoms with E-state index < -0.39 is 16.1 Å². The molecule has 1 N–H and O–H groups in total. The number of hydrogen-bond donors (Lipinski definition) is 1. The van der Waals surface area contributed by atoms with Crippen LogP contribution in [0.4, 0.5) is 0 Å². The molecule has 1 aliphatic rings. The molecule has 1 aliphatic heterocycles. The van der Waals surface area contributed by atoms with E-state index in [9.17, 15) is 18.0 Å². The van der Waals surface area contributed by atoms with Crippen molar-refractivity contribution in [3.8, 4) is 10.4 Å². The number of ketones is 1. The number of carbonyl (C=O) groups is 2. The molecule has 0 spiro atoms. The number of nitrogens with zero attached hydrogens (tertiary/aromatic N) is 2. The molecule has 2 aromatic carbocycles. The molecule has 0 fully saturated rings. The average Bonchev–Trinajstić information content (AvgIpc) is 3.50. The minimum Gasteiger partial charge on any atom is -0.400 e. The van der Waals surface area contributed by atoms with E-state index in [1.165, 1.54) is 21.2 Å². The van der Waals surface area contributed by atoms with E-state index in [1.54, 1.807) is 25.3 Å². The van der Waals surface area contributed by atoms with E-state index >= 15 is 0 Å². The summed E-state index contributed by atoms with van der Waals surface area (Å²) in [5.41, 5.74) is 3.85. The number of Topliss-reactive ketones (excluding diaryl/α,β-unsaturated/α-hetero) is 1. The van der Waals surface area contributed by atoms with E-state index in [0.717, 1.165) is 45.2 Å². The van der Waals surface area contributed by atoms with Crippen molar-refractivity contribution in [1.82, 2.24) is 9.29 Å². The molecule has 9 heteroatoms. The summed E-state index contributed by atoms with van der Waals surface area (Å²) in [6.45, 7) is 9.70. The fraction of sp³-hybridized carbons (Fsp3) is 0.300. The van der Waals surface area contributed by atoms with Crippen LogP contribution in [0.2, 0.25) is 0 Å². The zero-order chi connectivity index (χ0) is 29.2. The highest BCUT2D eigenvalue weighted by atomic mass is 32.2. The van der Waals surface area contributed by atoms with Crippen molar-refractivity contribution in [2.45, 2.75) is 58.5 Å². The number of sulfonamides is 1. The molecule has 0 saturated carbocycles. The van der Waals surface area contributed by atoms with Gasteiger partial charge in [0.05, 0.1) is 23.0 Å². The highest BCUT2D eigenvalue weighted by Gasteiger charge is 2.40. The second-order valence-corrected chi connectivity index (χ2v) is 11.4. The van der Waals surface area contributed by atoms with E-state index in [2.05, 4.69) is 4.98 Å². The van der Waals surface area contributed by atoms with Crippen LogP contribution in [0.5, 0.6) is 0 Å². The Bertz CT molecular complexity index is 1500. The van der Waals surface area contributed by atoms with E-state index in [0.29, 0.717) is 17.9 Å². The Hall–Kier alpha value is -3.24. The molecule has 0 amide bonds. The number of hydrogen-bond acceptors (Lipinski definition) is 7. The van der Waals surface area contributed by atoms with Gasteiger partial charge in [0.1, 0.15) is 6.29 Å². The SMILES string of the molecule is CC.CC(=O)c1ccc2ncccc2c1.CCC(C=O)N1Cc2sc(-c3ccc(C)cc3)cc2S1(=O)=O.CO. The van der Waals surface area contributed by atoms with Crippen LogP contribution in [0.25, 0.3) is 21.3 Å². The Balaban J connectivity index is 0.000000267. The van der Waals surface area contributed by atoms with Crippen LogP contribution < -0.4 is 0 Å². The number of carbonyl (C=O) groups excluding carboxylic acids is 2. The second kappa shape index (κ2) is 14.8. The monoisotopic (exact) mass is 568 g/mol. The van der Waals surface area contributed by atoms with Crippen molar-refractivity contribution < 1.29 is 23.1 Å². The summed E-state index contributed by atoms with van der Waals surface area (Å²) < 4.78 is 26.5. The number of rotatable bonds is 5. The van der Waals surface area contributed by atoms with Crippen molar-refractivity contribution in [3.05, 3.63) is 82.9 Å². The zero-order valence-corrected chi connectivity index (χ0v) is 24.8. The number of thiophene rings is 1. The van der Waals surface area contributed by atoms with Crippen molar-refractivity contribution in [1.29, 1.82) is 0 Å². The van der Waals surface area contributed by atoms with Gasteiger partial charge in [0, 0.05) is 34.0 Å². The Morgan fingerprint density at radius 1 is 1.10 bits per heavy atom. The topological polar surface area (TPSA) is 105 Å². The predicted molar refractivity (Wildman–Crippen MR) is 159 cm³/mol. The third kappa shape index (κ3) is 7.45. The lowest BCUT2D eigenvalue weighted by Crippen LogP contribution is -2.36.